The highest BCUT2D eigenvalue weighted by molar-refractivity contribution is 5.88. The molecule has 2 aromatic carbocycles. The predicted octanol–water partition coefficient (Wildman–Crippen LogP) is 3.58. The zero-order valence-electron chi connectivity index (χ0n) is 15.7. The second-order valence-corrected chi connectivity index (χ2v) is 7.16. The van der Waals surface area contributed by atoms with E-state index in [0.717, 1.165) is 40.8 Å². The molecule has 1 fully saturated rings. The number of ether oxygens (including phenoxy) is 2. The van der Waals surface area contributed by atoms with Gasteiger partial charge in [0.1, 0.15) is 0 Å². The maximum absolute atomic E-state index is 12.5. The van der Waals surface area contributed by atoms with Crippen molar-refractivity contribution in [2.45, 2.75) is 24.7 Å². The van der Waals surface area contributed by atoms with Crippen LogP contribution in [0.1, 0.15) is 24.0 Å². The average Bonchev–Trinajstić information content (AvgIpc) is 3.41. The fraction of sp³-hybridized carbons (Fsp3) is 0.318. The normalized spacial score (nSPS) is 14.7. The van der Waals surface area contributed by atoms with E-state index in [9.17, 15) is 4.79 Å². The molecule has 1 saturated carbocycles. The average molecular weight is 364 g/mol. The number of para-hydroxylation sites is 1. The fourth-order valence-electron chi connectivity index (χ4n) is 3.67. The van der Waals surface area contributed by atoms with Crippen LogP contribution in [0.2, 0.25) is 0 Å². The molecule has 5 nitrogen and oxygen atoms in total. The third-order valence-corrected chi connectivity index (χ3v) is 5.50. The van der Waals surface area contributed by atoms with Gasteiger partial charge in [-0.25, -0.2) is 0 Å². The minimum absolute atomic E-state index is 0.00935. The molecule has 140 valence electrons. The molecule has 2 N–H and O–H groups in total. The van der Waals surface area contributed by atoms with E-state index < -0.39 is 0 Å². The van der Waals surface area contributed by atoms with Crippen LogP contribution in [0.4, 0.5) is 0 Å². The number of amides is 1. The topological polar surface area (TPSA) is 63.3 Å². The van der Waals surface area contributed by atoms with Gasteiger partial charge in [0.05, 0.1) is 20.6 Å². The van der Waals surface area contributed by atoms with Gasteiger partial charge in [-0.1, -0.05) is 24.3 Å². The summed E-state index contributed by atoms with van der Waals surface area (Å²) in [5.41, 5.74) is 3.28. The summed E-state index contributed by atoms with van der Waals surface area (Å²) in [4.78, 5) is 15.7. The summed E-state index contributed by atoms with van der Waals surface area (Å²) in [7, 11) is 3.28. The van der Waals surface area contributed by atoms with Crippen molar-refractivity contribution in [1.82, 2.24) is 10.3 Å². The number of hydrogen-bond acceptors (Lipinski definition) is 3. The van der Waals surface area contributed by atoms with Gasteiger partial charge in [-0.05, 0) is 42.2 Å². The second-order valence-electron chi connectivity index (χ2n) is 7.16. The maximum atomic E-state index is 12.5. The molecular formula is C22H24N2O3. The molecule has 1 aliphatic carbocycles. The highest BCUT2D eigenvalue weighted by atomic mass is 16.5. The van der Waals surface area contributed by atoms with Crippen LogP contribution in [0.5, 0.6) is 11.5 Å². The van der Waals surface area contributed by atoms with Crippen molar-refractivity contribution >= 4 is 16.8 Å². The number of hydrogen-bond donors (Lipinski definition) is 2. The molecule has 0 bridgehead atoms. The Bertz CT molecular complexity index is 973. The zero-order chi connectivity index (χ0) is 18.9. The lowest BCUT2D eigenvalue weighted by Gasteiger charge is -2.18. The van der Waals surface area contributed by atoms with Gasteiger partial charge in [0, 0.05) is 29.1 Å². The van der Waals surface area contributed by atoms with Crippen LogP contribution >= 0.6 is 0 Å². The highest BCUT2D eigenvalue weighted by Gasteiger charge is 2.44. The predicted molar refractivity (Wildman–Crippen MR) is 105 cm³/mol. The smallest absolute Gasteiger partial charge is 0.224 e. The Morgan fingerprint density at radius 3 is 2.63 bits per heavy atom. The van der Waals surface area contributed by atoms with Crippen molar-refractivity contribution in [3.05, 3.63) is 59.8 Å². The van der Waals surface area contributed by atoms with Crippen LogP contribution in [0, 0.1) is 0 Å². The largest absolute Gasteiger partial charge is 0.493 e. The van der Waals surface area contributed by atoms with Crippen LogP contribution in [-0.2, 0) is 16.6 Å². The molecular weight excluding hydrogens is 340 g/mol. The number of aromatic amines is 1. The first-order chi connectivity index (χ1) is 13.1. The second kappa shape index (κ2) is 6.99. The Balaban J connectivity index is 1.43. The van der Waals surface area contributed by atoms with E-state index in [2.05, 4.69) is 16.4 Å². The molecule has 4 rings (SSSR count). The maximum Gasteiger partial charge on any atom is 0.224 e. The van der Waals surface area contributed by atoms with Crippen LogP contribution in [0.25, 0.3) is 10.9 Å². The molecule has 1 heterocycles. The standard InChI is InChI=1S/C22H24N2O3/c1-26-19-8-7-16(12-20(19)27-2)22(9-10-22)14-24-21(25)11-15-13-23-18-6-4-3-5-17(15)18/h3-8,12-13,23H,9-11,14H2,1-2H3,(H,24,25). The summed E-state index contributed by atoms with van der Waals surface area (Å²) >= 11 is 0. The highest BCUT2D eigenvalue weighted by Crippen LogP contribution is 2.49. The Morgan fingerprint density at radius 2 is 1.89 bits per heavy atom. The number of fused-ring (bicyclic) bond motifs is 1. The molecule has 27 heavy (non-hydrogen) atoms. The Hall–Kier alpha value is -2.95. The number of H-pyrrole nitrogens is 1. The lowest BCUT2D eigenvalue weighted by Crippen LogP contribution is -2.33. The summed E-state index contributed by atoms with van der Waals surface area (Å²) in [5.74, 6) is 1.50. The summed E-state index contributed by atoms with van der Waals surface area (Å²) in [6, 6.07) is 14.1. The molecule has 5 heteroatoms. The van der Waals surface area contributed by atoms with Gasteiger partial charge in [-0.3, -0.25) is 4.79 Å². The van der Waals surface area contributed by atoms with Crippen molar-refractivity contribution in [2.24, 2.45) is 0 Å². The van der Waals surface area contributed by atoms with Gasteiger partial charge in [0.15, 0.2) is 11.5 Å². The molecule has 0 saturated heterocycles. The van der Waals surface area contributed by atoms with E-state index in [4.69, 9.17) is 9.47 Å². The van der Waals surface area contributed by atoms with Gasteiger partial charge in [-0.2, -0.15) is 0 Å². The minimum Gasteiger partial charge on any atom is -0.493 e. The van der Waals surface area contributed by atoms with E-state index in [-0.39, 0.29) is 11.3 Å². The molecule has 1 amide bonds. The number of nitrogens with one attached hydrogen (secondary N) is 2. The van der Waals surface area contributed by atoms with Crippen molar-refractivity contribution in [3.63, 3.8) is 0 Å². The number of rotatable bonds is 7. The Labute approximate surface area is 158 Å². The van der Waals surface area contributed by atoms with Gasteiger partial charge in [0.2, 0.25) is 5.91 Å². The van der Waals surface area contributed by atoms with Crippen LogP contribution in [0.3, 0.4) is 0 Å². The van der Waals surface area contributed by atoms with Gasteiger partial charge in [-0.15, -0.1) is 0 Å². The summed E-state index contributed by atoms with van der Waals surface area (Å²) in [5, 5.41) is 4.23. The summed E-state index contributed by atoms with van der Waals surface area (Å²) < 4.78 is 10.7. The van der Waals surface area contributed by atoms with E-state index >= 15 is 0 Å². The monoisotopic (exact) mass is 364 g/mol. The molecule has 0 atom stereocenters. The van der Waals surface area contributed by atoms with Gasteiger partial charge < -0.3 is 19.8 Å². The lowest BCUT2D eigenvalue weighted by atomic mass is 9.95. The van der Waals surface area contributed by atoms with Gasteiger partial charge in [0.25, 0.3) is 0 Å². The first-order valence-electron chi connectivity index (χ1n) is 9.19. The molecule has 1 aliphatic rings. The fourth-order valence-corrected chi connectivity index (χ4v) is 3.67. The molecule has 0 spiro atoms. The first-order valence-corrected chi connectivity index (χ1v) is 9.19. The lowest BCUT2D eigenvalue weighted by molar-refractivity contribution is -0.120. The number of methoxy groups -OCH3 is 2. The van der Waals surface area contributed by atoms with Crippen LogP contribution < -0.4 is 14.8 Å². The van der Waals surface area contributed by atoms with Crippen LogP contribution in [0.15, 0.2) is 48.7 Å². The van der Waals surface area contributed by atoms with Gasteiger partial charge >= 0.3 is 0 Å². The minimum atomic E-state index is 0.00935. The van der Waals surface area contributed by atoms with Crippen molar-refractivity contribution < 1.29 is 14.3 Å². The molecule has 0 unspecified atom stereocenters. The number of aromatic nitrogens is 1. The summed E-state index contributed by atoms with van der Waals surface area (Å²) in [6.07, 6.45) is 4.43. The van der Waals surface area contributed by atoms with E-state index in [0.29, 0.717) is 13.0 Å². The SMILES string of the molecule is COc1ccc(C2(CNC(=O)Cc3c[nH]c4ccccc34)CC2)cc1OC. The van der Waals surface area contributed by atoms with E-state index in [1.807, 2.05) is 42.6 Å². The molecule has 0 aliphatic heterocycles. The third kappa shape index (κ3) is 3.37. The van der Waals surface area contributed by atoms with E-state index in [1.54, 1.807) is 14.2 Å². The number of carbonyl (C=O) groups is 1. The van der Waals surface area contributed by atoms with Crippen molar-refractivity contribution in [2.75, 3.05) is 20.8 Å². The molecule has 1 aromatic heterocycles. The van der Waals surface area contributed by atoms with Crippen LogP contribution in [-0.4, -0.2) is 31.7 Å². The third-order valence-electron chi connectivity index (χ3n) is 5.50. The quantitative estimate of drug-likeness (QED) is 0.674. The van der Waals surface area contributed by atoms with Crippen molar-refractivity contribution in [3.8, 4) is 11.5 Å². The Morgan fingerprint density at radius 1 is 1.11 bits per heavy atom. The number of benzene rings is 2. The Kier molecular flexibility index (Phi) is 4.52. The van der Waals surface area contributed by atoms with E-state index in [1.165, 1.54) is 5.56 Å². The summed E-state index contributed by atoms with van der Waals surface area (Å²) in [6.45, 7) is 0.643. The molecule has 0 radical (unpaired) electrons. The number of carbonyl (C=O) groups excluding carboxylic acids is 1. The van der Waals surface area contributed by atoms with Crippen molar-refractivity contribution in [1.29, 1.82) is 0 Å². The first kappa shape index (κ1) is 17.5. The molecule has 3 aromatic rings. The zero-order valence-corrected chi connectivity index (χ0v) is 15.7.